The molecule has 0 atom stereocenters. The molecule has 0 bridgehead atoms. The van der Waals surface area contributed by atoms with Gasteiger partial charge in [-0.15, -0.1) is 0 Å². The fourth-order valence-electron chi connectivity index (χ4n) is 3.94. The third kappa shape index (κ3) is 2.91. The summed E-state index contributed by atoms with van der Waals surface area (Å²) in [5.41, 5.74) is 10.7. The van der Waals surface area contributed by atoms with Crippen molar-refractivity contribution in [2.24, 2.45) is 11.7 Å². The summed E-state index contributed by atoms with van der Waals surface area (Å²) in [5, 5.41) is 0. The highest BCUT2D eigenvalue weighted by Gasteiger charge is 2.46. The summed E-state index contributed by atoms with van der Waals surface area (Å²) < 4.78 is 0. The predicted molar refractivity (Wildman–Crippen MR) is 89.8 cm³/mol. The van der Waals surface area contributed by atoms with Crippen LogP contribution in [0.1, 0.15) is 36.0 Å². The fraction of sp³-hybridized carbons (Fsp3) is 0.667. The molecule has 1 heterocycles. The standard InChI is InChI=1S/C18H27BN2/c1-14-9-15(5-8-19)3-4-17(14)10-16-11-21(12-16)18(13-20)6-2-7-18/h3-4,9,16H,2,5-8,10-13,20H2,1H3. The fourth-order valence-corrected chi connectivity index (χ4v) is 3.94. The molecule has 2 radical (unpaired) electrons. The first kappa shape index (κ1) is 15.1. The number of benzene rings is 1. The molecule has 112 valence electrons. The first-order valence-electron chi connectivity index (χ1n) is 8.40. The van der Waals surface area contributed by atoms with Gasteiger partial charge in [-0.3, -0.25) is 4.90 Å². The zero-order valence-electron chi connectivity index (χ0n) is 13.3. The van der Waals surface area contributed by atoms with Crippen molar-refractivity contribution in [2.45, 2.75) is 50.9 Å². The highest BCUT2D eigenvalue weighted by atomic mass is 15.3. The number of hydrogen-bond donors (Lipinski definition) is 1. The highest BCUT2D eigenvalue weighted by Crippen LogP contribution is 2.41. The zero-order chi connectivity index (χ0) is 14.9. The van der Waals surface area contributed by atoms with Crippen LogP contribution in [0.15, 0.2) is 18.2 Å². The Bertz CT molecular complexity index is 484. The van der Waals surface area contributed by atoms with Crippen LogP contribution >= 0.6 is 0 Å². The van der Waals surface area contributed by atoms with Gasteiger partial charge in [0, 0.05) is 25.2 Å². The predicted octanol–water partition coefficient (Wildman–Crippen LogP) is 2.48. The van der Waals surface area contributed by atoms with Crippen LogP contribution in [0.25, 0.3) is 0 Å². The van der Waals surface area contributed by atoms with Crippen LogP contribution in [-0.4, -0.2) is 37.9 Å². The quantitative estimate of drug-likeness (QED) is 0.812. The number of aryl methyl sites for hydroxylation is 2. The molecule has 1 aliphatic carbocycles. The van der Waals surface area contributed by atoms with Gasteiger partial charge in [0.25, 0.3) is 0 Å². The van der Waals surface area contributed by atoms with Crippen molar-refractivity contribution in [3.05, 3.63) is 34.9 Å². The number of hydrogen-bond acceptors (Lipinski definition) is 2. The topological polar surface area (TPSA) is 29.3 Å². The maximum Gasteiger partial charge on any atom is 0.0657 e. The Morgan fingerprint density at radius 2 is 2.10 bits per heavy atom. The van der Waals surface area contributed by atoms with E-state index in [2.05, 4.69) is 30.0 Å². The molecule has 2 aliphatic rings. The molecule has 1 aliphatic heterocycles. The van der Waals surface area contributed by atoms with Gasteiger partial charge in [0.15, 0.2) is 0 Å². The molecule has 1 saturated carbocycles. The summed E-state index contributed by atoms with van der Waals surface area (Å²) in [4.78, 5) is 2.64. The van der Waals surface area contributed by atoms with Crippen molar-refractivity contribution in [2.75, 3.05) is 19.6 Å². The van der Waals surface area contributed by atoms with Gasteiger partial charge in [0.05, 0.1) is 7.85 Å². The largest absolute Gasteiger partial charge is 0.329 e. The summed E-state index contributed by atoms with van der Waals surface area (Å²) in [5.74, 6) is 0.813. The van der Waals surface area contributed by atoms with Crippen molar-refractivity contribution in [3.63, 3.8) is 0 Å². The van der Waals surface area contributed by atoms with Crippen LogP contribution in [0.4, 0.5) is 0 Å². The SMILES string of the molecule is [B]CCc1ccc(CC2CN(C3(CN)CCC3)C2)c(C)c1. The summed E-state index contributed by atoms with van der Waals surface area (Å²) in [6, 6.07) is 6.87. The Morgan fingerprint density at radius 1 is 1.33 bits per heavy atom. The maximum absolute atomic E-state index is 5.99. The van der Waals surface area contributed by atoms with Gasteiger partial charge < -0.3 is 5.73 Å². The molecular formula is C18H27BN2. The Morgan fingerprint density at radius 3 is 2.62 bits per heavy atom. The van der Waals surface area contributed by atoms with E-state index in [1.807, 2.05) is 0 Å². The Labute approximate surface area is 130 Å². The highest BCUT2D eigenvalue weighted by molar-refractivity contribution is 6.08. The van der Waals surface area contributed by atoms with Gasteiger partial charge in [-0.2, -0.15) is 0 Å². The molecule has 0 unspecified atom stereocenters. The molecule has 1 aromatic rings. The number of nitrogens with two attached hydrogens (primary N) is 1. The lowest BCUT2D eigenvalue weighted by atomic mass is 9.72. The second kappa shape index (κ2) is 6.14. The van der Waals surface area contributed by atoms with E-state index in [-0.39, 0.29) is 0 Å². The molecule has 0 spiro atoms. The smallest absolute Gasteiger partial charge is 0.0657 e. The van der Waals surface area contributed by atoms with Gasteiger partial charge in [-0.25, -0.2) is 0 Å². The normalized spacial score (nSPS) is 21.8. The van der Waals surface area contributed by atoms with E-state index in [0.29, 0.717) is 5.54 Å². The number of likely N-dealkylation sites (tertiary alicyclic amines) is 1. The minimum Gasteiger partial charge on any atom is -0.329 e. The third-order valence-electron chi connectivity index (χ3n) is 5.64. The average molecular weight is 282 g/mol. The van der Waals surface area contributed by atoms with E-state index in [9.17, 15) is 0 Å². The number of nitrogens with zero attached hydrogens (tertiary/aromatic N) is 1. The van der Waals surface area contributed by atoms with Crippen LogP contribution in [-0.2, 0) is 12.8 Å². The van der Waals surface area contributed by atoms with Gasteiger partial charge in [0.2, 0.25) is 0 Å². The van der Waals surface area contributed by atoms with Crippen molar-refractivity contribution >= 4 is 7.85 Å². The first-order valence-corrected chi connectivity index (χ1v) is 8.40. The van der Waals surface area contributed by atoms with Crippen molar-refractivity contribution < 1.29 is 0 Å². The molecule has 1 saturated heterocycles. The Hall–Kier alpha value is -0.795. The van der Waals surface area contributed by atoms with Gasteiger partial charge in [0.1, 0.15) is 0 Å². The second-order valence-corrected chi connectivity index (χ2v) is 7.06. The van der Waals surface area contributed by atoms with E-state index in [1.54, 1.807) is 0 Å². The van der Waals surface area contributed by atoms with E-state index in [0.717, 1.165) is 25.2 Å². The molecule has 1 aromatic carbocycles. The maximum atomic E-state index is 5.99. The van der Waals surface area contributed by atoms with Crippen LogP contribution in [0.3, 0.4) is 0 Å². The second-order valence-electron chi connectivity index (χ2n) is 7.06. The molecule has 2 nitrogen and oxygen atoms in total. The van der Waals surface area contributed by atoms with E-state index < -0.39 is 0 Å². The summed E-state index contributed by atoms with van der Waals surface area (Å²) in [6.07, 6.45) is 6.91. The van der Waals surface area contributed by atoms with E-state index >= 15 is 0 Å². The zero-order valence-corrected chi connectivity index (χ0v) is 13.3. The van der Waals surface area contributed by atoms with Crippen molar-refractivity contribution in [3.8, 4) is 0 Å². The van der Waals surface area contributed by atoms with Crippen LogP contribution in [0.2, 0.25) is 6.32 Å². The lowest BCUT2D eigenvalue weighted by Crippen LogP contribution is -2.66. The molecule has 3 heteroatoms. The first-order chi connectivity index (χ1) is 10.2. The minimum atomic E-state index is 0.372. The average Bonchev–Trinajstić information content (AvgIpc) is 2.37. The third-order valence-corrected chi connectivity index (χ3v) is 5.64. The van der Waals surface area contributed by atoms with Crippen molar-refractivity contribution in [1.82, 2.24) is 4.90 Å². The Kier molecular flexibility index (Phi) is 4.42. The van der Waals surface area contributed by atoms with E-state index in [1.165, 1.54) is 55.5 Å². The number of rotatable bonds is 6. The van der Waals surface area contributed by atoms with Crippen molar-refractivity contribution in [1.29, 1.82) is 0 Å². The Balaban J connectivity index is 1.54. The molecule has 2 N–H and O–H groups in total. The summed E-state index contributed by atoms with van der Waals surface area (Å²) in [6.45, 7) is 5.55. The van der Waals surface area contributed by atoms with Gasteiger partial charge in [-0.05, 0) is 61.6 Å². The summed E-state index contributed by atoms with van der Waals surface area (Å²) in [7, 11) is 5.63. The monoisotopic (exact) mass is 282 g/mol. The summed E-state index contributed by atoms with van der Waals surface area (Å²) >= 11 is 0. The molecule has 21 heavy (non-hydrogen) atoms. The molecular weight excluding hydrogens is 255 g/mol. The molecule has 3 rings (SSSR count). The molecule has 0 amide bonds. The lowest BCUT2D eigenvalue weighted by molar-refractivity contribution is -0.0559. The minimum absolute atomic E-state index is 0.372. The van der Waals surface area contributed by atoms with Gasteiger partial charge in [-0.1, -0.05) is 24.5 Å². The molecule has 2 fully saturated rings. The van der Waals surface area contributed by atoms with Crippen LogP contribution in [0, 0.1) is 12.8 Å². The van der Waals surface area contributed by atoms with E-state index in [4.69, 9.17) is 13.6 Å². The molecule has 0 aromatic heterocycles. The van der Waals surface area contributed by atoms with Crippen LogP contribution < -0.4 is 5.73 Å². The van der Waals surface area contributed by atoms with Gasteiger partial charge >= 0.3 is 0 Å². The lowest BCUT2D eigenvalue weighted by Gasteiger charge is -2.57. The van der Waals surface area contributed by atoms with Crippen LogP contribution in [0.5, 0.6) is 0 Å².